The number of ether oxygens (including phenoxy) is 1. The maximum Gasteiger partial charge on any atom is 0.241 e. The third-order valence-electron chi connectivity index (χ3n) is 4.17. The zero-order valence-electron chi connectivity index (χ0n) is 14.3. The minimum Gasteiger partial charge on any atom is -0.472 e. The highest BCUT2D eigenvalue weighted by Gasteiger charge is 2.24. The van der Waals surface area contributed by atoms with Gasteiger partial charge in [0, 0.05) is 13.1 Å². The van der Waals surface area contributed by atoms with Crippen LogP contribution in [-0.4, -0.2) is 55.6 Å². The van der Waals surface area contributed by atoms with Crippen LogP contribution in [0.1, 0.15) is 17.5 Å². The van der Waals surface area contributed by atoms with Crippen molar-refractivity contribution in [1.82, 2.24) is 29.8 Å². The Morgan fingerprint density at radius 2 is 2.20 bits per heavy atom. The molecule has 0 bridgehead atoms. The number of morpholine rings is 1. The summed E-state index contributed by atoms with van der Waals surface area (Å²) in [4.78, 5) is 11.0. The van der Waals surface area contributed by atoms with Gasteiger partial charge in [-0.15, -0.1) is 0 Å². The van der Waals surface area contributed by atoms with Gasteiger partial charge in [0.25, 0.3) is 0 Å². The van der Waals surface area contributed by atoms with Gasteiger partial charge in [0.15, 0.2) is 0 Å². The average Bonchev–Trinajstić information content (AvgIpc) is 3.30. The first-order valence-electron chi connectivity index (χ1n) is 8.24. The minimum atomic E-state index is 0.0600. The Morgan fingerprint density at radius 3 is 2.96 bits per heavy atom. The summed E-state index contributed by atoms with van der Waals surface area (Å²) in [5, 5.41) is 8.40. The molecule has 0 aliphatic carbocycles. The van der Waals surface area contributed by atoms with Crippen molar-refractivity contribution in [3.63, 3.8) is 0 Å². The molecule has 0 saturated carbocycles. The molecule has 1 saturated heterocycles. The molecule has 9 nitrogen and oxygen atoms in total. The van der Waals surface area contributed by atoms with E-state index in [0.717, 1.165) is 30.3 Å². The number of aromatic nitrogens is 5. The largest absolute Gasteiger partial charge is 0.472 e. The number of furan rings is 1. The number of nitrogens with zero attached hydrogens (tertiary/aromatic N) is 6. The number of aryl methyl sites for hydroxylation is 2. The summed E-state index contributed by atoms with van der Waals surface area (Å²) in [6, 6.07) is 1.81. The summed E-state index contributed by atoms with van der Waals surface area (Å²) < 4.78 is 18.2. The van der Waals surface area contributed by atoms with Crippen LogP contribution in [0, 0.1) is 13.8 Å². The van der Waals surface area contributed by atoms with E-state index in [2.05, 4.69) is 25.1 Å². The smallest absolute Gasteiger partial charge is 0.241 e. The summed E-state index contributed by atoms with van der Waals surface area (Å²) in [6.07, 6.45) is 3.25. The molecule has 0 spiro atoms. The van der Waals surface area contributed by atoms with E-state index in [1.165, 1.54) is 0 Å². The van der Waals surface area contributed by atoms with Crippen LogP contribution in [0.3, 0.4) is 0 Å². The van der Waals surface area contributed by atoms with Crippen molar-refractivity contribution in [2.24, 2.45) is 0 Å². The summed E-state index contributed by atoms with van der Waals surface area (Å²) >= 11 is 0. The molecule has 1 atom stereocenters. The van der Waals surface area contributed by atoms with E-state index < -0.39 is 0 Å². The fourth-order valence-electron chi connectivity index (χ4n) is 2.98. The van der Waals surface area contributed by atoms with Crippen molar-refractivity contribution < 1.29 is 13.7 Å². The van der Waals surface area contributed by atoms with Crippen molar-refractivity contribution in [2.45, 2.75) is 33.0 Å². The highest BCUT2D eigenvalue weighted by atomic mass is 16.5. The van der Waals surface area contributed by atoms with Gasteiger partial charge < -0.3 is 13.7 Å². The van der Waals surface area contributed by atoms with E-state index >= 15 is 0 Å². The van der Waals surface area contributed by atoms with Gasteiger partial charge in [-0.1, -0.05) is 5.16 Å². The van der Waals surface area contributed by atoms with Gasteiger partial charge in [-0.05, 0) is 19.9 Å². The number of hydrogen-bond donors (Lipinski definition) is 0. The van der Waals surface area contributed by atoms with Gasteiger partial charge in [-0.3, -0.25) is 4.90 Å². The van der Waals surface area contributed by atoms with Crippen LogP contribution >= 0.6 is 0 Å². The van der Waals surface area contributed by atoms with Crippen molar-refractivity contribution in [3.05, 3.63) is 36.1 Å². The van der Waals surface area contributed by atoms with Gasteiger partial charge in [0.05, 0.1) is 37.6 Å². The highest BCUT2D eigenvalue weighted by molar-refractivity contribution is 5.51. The fourth-order valence-corrected chi connectivity index (χ4v) is 2.98. The van der Waals surface area contributed by atoms with Crippen molar-refractivity contribution in [2.75, 3.05) is 19.7 Å². The number of hydrogen-bond acceptors (Lipinski definition) is 8. The van der Waals surface area contributed by atoms with Crippen LogP contribution in [0.15, 0.2) is 27.5 Å². The van der Waals surface area contributed by atoms with Crippen molar-refractivity contribution in [3.8, 4) is 11.4 Å². The monoisotopic (exact) mass is 344 g/mol. The molecular formula is C16H20N6O3. The molecule has 3 aromatic heterocycles. The summed E-state index contributed by atoms with van der Waals surface area (Å²) in [5.41, 5.74) is 0.812. The molecule has 4 heterocycles. The molecule has 0 aromatic carbocycles. The van der Waals surface area contributed by atoms with Crippen LogP contribution in [0.2, 0.25) is 0 Å². The zero-order chi connectivity index (χ0) is 17.2. The lowest BCUT2D eigenvalue weighted by atomic mass is 10.2. The second-order valence-corrected chi connectivity index (χ2v) is 6.14. The molecule has 0 amide bonds. The van der Waals surface area contributed by atoms with Gasteiger partial charge >= 0.3 is 0 Å². The first kappa shape index (κ1) is 16.0. The van der Waals surface area contributed by atoms with Gasteiger partial charge in [0.1, 0.15) is 17.9 Å². The van der Waals surface area contributed by atoms with E-state index in [9.17, 15) is 0 Å². The van der Waals surface area contributed by atoms with E-state index in [-0.39, 0.29) is 6.10 Å². The Kier molecular flexibility index (Phi) is 4.33. The molecule has 0 N–H and O–H groups in total. The maximum absolute atomic E-state index is 5.87. The normalized spacial score (nSPS) is 18.7. The summed E-state index contributed by atoms with van der Waals surface area (Å²) in [5.74, 6) is 2.81. The first-order chi connectivity index (χ1) is 12.2. The van der Waals surface area contributed by atoms with Gasteiger partial charge in [-0.25, -0.2) is 9.67 Å². The molecular weight excluding hydrogens is 324 g/mol. The highest BCUT2D eigenvalue weighted by Crippen LogP contribution is 2.17. The van der Waals surface area contributed by atoms with Gasteiger partial charge in [-0.2, -0.15) is 10.1 Å². The molecule has 1 unspecified atom stereocenters. The SMILES string of the molecule is Cc1nc(C)n(CC2CN(Cc3nc(-c4ccoc4)no3)CCO2)n1. The second-order valence-electron chi connectivity index (χ2n) is 6.14. The lowest BCUT2D eigenvalue weighted by Gasteiger charge is -2.31. The van der Waals surface area contributed by atoms with Crippen LogP contribution in [0.25, 0.3) is 11.4 Å². The third-order valence-corrected chi connectivity index (χ3v) is 4.17. The molecule has 1 fully saturated rings. The van der Waals surface area contributed by atoms with Crippen LogP contribution in [0.5, 0.6) is 0 Å². The van der Waals surface area contributed by atoms with Gasteiger partial charge in [0.2, 0.25) is 11.7 Å². The maximum atomic E-state index is 5.87. The predicted molar refractivity (Wildman–Crippen MR) is 86.5 cm³/mol. The molecule has 25 heavy (non-hydrogen) atoms. The lowest BCUT2D eigenvalue weighted by Crippen LogP contribution is -2.44. The van der Waals surface area contributed by atoms with Crippen LogP contribution in [0.4, 0.5) is 0 Å². The molecule has 0 radical (unpaired) electrons. The molecule has 4 rings (SSSR count). The van der Waals surface area contributed by atoms with Crippen LogP contribution < -0.4 is 0 Å². The molecule has 3 aromatic rings. The Morgan fingerprint density at radius 1 is 1.28 bits per heavy atom. The second kappa shape index (κ2) is 6.77. The first-order valence-corrected chi connectivity index (χ1v) is 8.24. The van der Waals surface area contributed by atoms with E-state index in [0.29, 0.717) is 31.4 Å². The molecule has 1 aliphatic heterocycles. The average molecular weight is 344 g/mol. The molecule has 132 valence electrons. The minimum absolute atomic E-state index is 0.0600. The lowest BCUT2D eigenvalue weighted by molar-refractivity contribution is -0.0429. The number of rotatable bonds is 5. The topological polar surface area (TPSA) is 95.2 Å². The fraction of sp³-hybridized carbons (Fsp3) is 0.500. The van der Waals surface area contributed by atoms with E-state index in [4.69, 9.17) is 13.7 Å². The Bertz CT molecular complexity index is 825. The van der Waals surface area contributed by atoms with Crippen molar-refractivity contribution in [1.29, 1.82) is 0 Å². The third kappa shape index (κ3) is 3.62. The van der Waals surface area contributed by atoms with Crippen LogP contribution in [-0.2, 0) is 17.8 Å². The summed E-state index contributed by atoms with van der Waals surface area (Å²) in [6.45, 7) is 7.41. The Hall–Kier alpha value is -2.52. The predicted octanol–water partition coefficient (Wildman–Crippen LogP) is 1.44. The van der Waals surface area contributed by atoms with E-state index in [1.807, 2.05) is 24.6 Å². The zero-order valence-corrected chi connectivity index (χ0v) is 14.3. The molecule has 1 aliphatic rings. The summed E-state index contributed by atoms with van der Waals surface area (Å²) in [7, 11) is 0. The quantitative estimate of drug-likeness (QED) is 0.686. The molecule has 9 heteroatoms. The Labute approximate surface area is 144 Å². The Balaban J connectivity index is 1.37. The van der Waals surface area contributed by atoms with E-state index in [1.54, 1.807) is 12.5 Å². The van der Waals surface area contributed by atoms with Crippen molar-refractivity contribution >= 4 is 0 Å². The standard InChI is InChI=1S/C16H20N6O3/c1-11-17-12(2)22(19-11)8-14-7-21(4-6-24-14)9-15-18-16(20-25-15)13-3-5-23-10-13/h3,5,10,14H,4,6-9H2,1-2H3.